The molecular weight excluding hydrogens is 346 g/mol. The Hall–Kier alpha value is -2.81. The molecule has 28 heavy (non-hydrogen) atoms. The maximum Gasteiger partial charge on any atom is 0.131 e. The molecule has 0 amide bonds. The molecule has 2 aromatic carbocycles. The molecule has 0 saturated carbocycles. The summed E-state index contributed by atoms with van der Waals surface area (Å²) in [5.41, 5.74) is 6.61. The van der Waals surface area contributed by atoms with Crippen LogP contribution in [-0.2, 0) is 12.0 Å². The van der Waals surface area contributed by atoms with Gasteiger partial charge in [-0.15, -0.1) is 0 Å². The second kappa shape index (κ2) is 8.05. The molecule has 145 valence electrons. The molecule has 3 rings (SSSR count). The summed E-state index contributed by atoms with van der Waals surface area (Å²) in [6.07, 6.45) is 0. The Morgan fingerprint density at radius 2 is 1.68 bits per heavy atom. The smallest absolute Gasteiger partial charge is 0.131 e. The van der Waals surface area contributed by atoms with E-state index < -0.39 is 0 Å². The van der Waals surface area contributed by atoms with E-state index in [9.17, 15) is 0 Å². The number of ether oxygens (including phenoxy) is 2. The van der Waals surface area contributed by atoms with Crippen LogP contribution in [0.3, 0.4) is 0 Å². The highest BCUT2D eigenvalue weighted by atomic mass is 16.5. The second-order valence-electron chi connectivity index (χ2n) is 8.13. The maximum absolute atomic E-state index is 5.99. The Balaban J connectivity index is 1.83. The molecule has 0 bridgehead atoms. The number of aromatic nitrogens is 1. The summed E-state index contributed by atoms with van der Waals surface area (Å²) in [6, 6.07) is 19.7. The number of benzene rings is 2. The minimum Gasteiger partial charge on any atom is -0.497 e. The Morgan fingerprint density at radius 3 is 2.29 bits per heavy atom. The Labute approximate surface area is 168 Å². The molecule has 3 heteroatoms. The van der Waals surface area contributed by atoms with Crippen LogP contribution in [0, 0.1) is 19.9 Å². The van der Waals surface area contributed by atoms with Gasteiger partial charge in [0.1, 0.15) is 18.1 Å². The van der Waals surface area contributed by atoms with E-state index in [2.05, 4.69) is 56.9 Å². The lowest BCUT2D eigenvalue weighted by molar-refractivity contribution is 0.305. The topological polar surface area (TPSA) is 31.4 Å². The van der Waals surface area contributed by atoms with Crippen molar-refractivity contribution in [1.82, 2.24) is 4.98 Å². The van der Waals surface area contributed by atoms with E-state index in [1.54, 1.807) is 7.11 Å². The zero-order chi connectivity index (χ0) is 20.3. The zero-order valence-corrected chi connectivity index (χ0v) is 17.6. The van der Waals surface area contributed by atoms with Crippen LogP contribution in [0.2, 0.25) is 0 Å². The SMILES string of the molecule is COc1ccc(COc2[c]c(C)nc(-c3ccc(C(C)(C)C)cc3C)c2)cc1. The van der Waals surface area contributed by atoms with Gasteiger partial charge in [-0.25, -0.2) is 0 Å². The molecule has 3 aromatic rings. The number of methoxy groups -OCH3 is 1. The van der Waals surface area contributed by atoms with Gasteiger partial charge in [-0.1, -0.05) is 51.1 Å². The van der Waals surface area contributed by atoms with E-state index in [1.807, 2.05) is 37.3 Å². The molecule has 1 heterocycles. The van der Waals surface area contributed by atoms with Crippen molar-refractivity contribution in [3.8, 4) is 22.8 Å². The van der Waals surface area contributed by atoms with Crippen LogP contribution in [0.4, 0.5) is 0 Å². The molecule has 0 N–H and O–H groups in total. The molecule has 0 atom stereocenters. The summed E-state index contributed by atoms with van der Waals surface area (Å²) in [4.78, 5) is 4.68. The highest BCUT2D eigenvalue weighted by Gasteiger charge is 2.15. The van der Waals surface area contributed by atoms with Gasteiger partial charge in [0.2, 0.25) is 0 Å². The Morgan fingerprint density at radius 1 is 0.964 bits per heavy atom. The average Bonchev–Trinajstić information content (AvgIpc) is 2.65. The van der Waals surface area contributed by atoms with Crippen molar-refractivity contribution in [1.29, 1.82) is 0 Å². The summed E-state index contributed by atoms with van der Waals surface area (Å²) in [6.45, 7) is 11.2. The van der Waals surface area contributed by atoms with Gasteiger partial charge in [0, 0.05) is 17.3 Å². The predicted octanol–water partition coefficient (Wildman–Crippen LogP) is 6.05. The lowest BCUT2D eigenvalue weighted by Crippen LogP contribution is -2.11. The third-order valence-electron chi connectivity index (χ3n) is 4.78. The van der Waals surface area contributed by atoms with Crippen molar-refractivity contribution >= 4 is 0 Å². The lowest BCUT2D eigenvalue weighted by Gasteiger charge is -2.20. The van der Waals surface area contributed by atoms with Crippen LogP contribution >= 0.6 is 0 Å². The molecule has 0 aliphatic heterocycles. The van der Waals surface area contributed by atoms with Crippen molar-refractivity contribution in [2.45, 2.75) is 46.6 Å². The van der Waals surface area contributed by atoms with E-state index in [4.69, 9.17) is 9.47 Å². The molecule has 3 nitrogen and oxygen atoms in total. The molecule has 0 saturated heterocycles. The number of hydrogen-bond acceptors (Lipinski definition) is 3. The molecule has 0 aliphatic rings. The molecule has 0 aliphatic carbocycles. The third kappa shape index (κ3) is 4.72. The first-order chi connectivity index (χ1) is 13.3. The van der Waals surface area contributed by atoms with Gasteiger partial charge in [0.25, 0.3) is 0 Å². The maximum atomic E-state index is 5.99. The fourth-order valence-electron chi connectivity index (χ4n) is 3.10. The zero-order valence-electron chi connectivity index (χ0n) is 17.6. The monoisotopic (exact) mass is 374 g/mol. The molecular formula is C25H28NO2. The first-order valence-corrected chi connectivity index (χ1v) is 9.54. The largest absolute Gasteiger partial charge is 0.497 e. The van der Waals surface area contributed by atoms with Crippen molar-refractivity contribution in [3.63, 3.8) is 0 Å². The van der Waals surface area contributed by atoms with Crippen LogP contribution in [-0.4, -0.2) is 12.1 Å². The number of rotatable bonds is 5. The molecule has 1 aromatic heterocycles. The minimum absolute atomic E-state index is 0.129. The number of hydrogen-bond donors (Lipinski definition) is 0. The summed E-state index contributed by atoms with van der Waals surface area (Å²) < 4.78 is 11.2. The van der Waals surface area contributed by atoms with Gasteiger partial charge in [-0.05, 0) is 48.1 Å². The fraction of sp³-hybridized carbons (Fsp3) is 0.320. The summed E-state index contributed by atoms with van der Waals surface area (Å²) >= 11 is 0. The van der Waals surface area contributed by atoms with Crippen LogP contribution < -0.4 is 9.47 Å². The highest BCUT2D eigenvalue weighted by Crippen LogP contribution is 2.30. The Kier molecular flexibility index (Phi) is 5.73. The van der Waals surface area contributed by atoms with Gasteiger partial charge in [-0.3, -0.25) is 4.98 Å². The van der Waals surface area contributed by atoms with Crippen molar-refractivity contribution in [2.24, 2.45) is 0 Å². The Bertz CT molecular complexity index is 953. The molecule has 0 fully saturated rings. The van der Waals surface area contributed by atoms with E-state index in [-0.39, 0.29) is 5.41 Å². The normalized spacial score (nSPS) is 11.4. The highest BCUT2D eigenvalue weighted by molar-refractivity contribution is 5.65. The van der Waals surface area contributed by atoms with E-state index >= 15 is 0 Å². The van der Waals surface area contributed by atoms with Crippen LogP contribution in [0.5, 0.6) is 11.5 Å². The van der Waals surface area contributed by atoms with E-state index in [0.29, 0.717) is 12.4 Å². The van der Waals surface area contributed by atoms with Gasteiger partial charge in [0.15, 0.2) is 0 Å². The first-order valence-electron chi connectivity index (χ1n) is 9.54. The van der Waals surface area contributed by atoms with Gasteiger partial charge in [0.05, 0.1) is 18.9 Å². The minimum atomic E-state index is 0.129. The number of pyridine rings is 1. The van der Waals surface area contributed by atoms with Crippen molar-refractivity contribution in [3.05, 3.63) is 77.0 Å². The number of aryl methyl sites for hydroxylation is 2. The standard InChI is InChI=1S/C25H28NO2/c1-17-13-20(25(3,4)5)9-12-23(17)24-15-22(14-18(2)26-24)28-16-19-7-10-21(27-6)11-8-19/h7-13,15H,16H2,1-6H3. The first kappa shape index (κ1) is 19.9. The van der Waals surface area contributed by atoms with Gasteiger partial charge < -0.3 is 9.47 Å². The van der Waals surface area contributed by atoms with Crippen molar-refractivity contribution in [2.75, 3.05) is 7.11 Å². The van der Waals surface area contributed by atoms with Crippen molar-refractivity contribution < 1.29 is 9.47 Å². The molecule has 0 unspecified atom stereocenters. The summed E-state index contributed by atoms with van der Waals surface area (Å²) in [5.74, 6) is 1.55. The second-order valence-corrected chi connectivity index (χ2v) is 8.13. The van der Waals surface area contributed by atoms with E-state index in [1.165, 1.54) is 11.1 Å². The van der Waals surface area contributed by atoms with Crippen LogP contribution in [0.15, 0.2) is 48.5 Å². The molecule has 1 radical (unpaired) electrons. The predicted molar refractivity (Wildman–Crippen MR) is 114 cm³/mol. The summed E-state index contributed by atoms with van der Waals surface area (Å²) in [5, 5.41) is 0. The van der Waals surface area contributed by atoms with Crippen LogP contribution in [0.1, 0.15) is 43.2 Å². The fourth-order valence-corrected chi connectivity index (χ4v) is 3.10. The molecule has 0 spiro atoms. The van der Waals surface area contributed by atoms with Gasteiger partial charge >= 0.3 is 0 Å². The van der Waals surface area contributed by atoms with E-state index in [0.717, 1.165) is 28.3 Å². The average molecular weight is 375 g/mol. The summed E-state index contributed by atoms with van der Waals surface area (Å²) in [7, 11) is 1.66. The number of nitrogens with zero attached hydrogens (tertiary/aromatic N) is 1. The van der Waals surface area contributed by atoms with Crippen LogP contribution in [0.25, 0.3) is 11.3 Å². The third-order valence-corrected chi connectivity index (χ3v) is 4.78. The van der Waals surface area contributed by atoms with Gasteiger partial charge in [-0.2, -0.15) is 0 Å². The quantitative estimate of drug-likeness (QED) is 0.545. The lowest BCUT2D eigenvalue weighted by atomic mass is 9.85.